The molecule has 1 aliphatic rings. The fourth-order valence-corrected chi connectivity index (χ4v) is 5.75. The van der Waals surface area contributed by atoms with Crippen LogP contribution >= 0.6 is 33.2 Å². The van der Waals surface area contributed by atoms with E-state index in [1.54, 1.807) is 6.08 Å². The first-order valence-electron chi connectivity index (χ1n) is 9.88. The third-order valence-corrected chi connectivity index (χ3v) is 8.15. The Morgan fingerprint density at radius 3 is 2.15 bits per heavy atom. The smallest absolute Gasteiger partial charge is 0.341 e. The minimum absolute atomic E-state index is 0.790. The zero-order valence-electron chi connectivity index (χ0n) is 15.7. The van der Waals surface area contributed by atoms with Gasteiger partial charge in [-0.05, 0) is 47.9 Å². The van der Waals surface area contributed by atoms with Gasteiger partial charge >= 0.3 is 12.0 Å². The van der Waals surface area contributed by atoms with Crippen LogP contribution in [0, 0.1) is 11.8 Å². The van der Waals surface area contributed by atoms with E-state index in [1.807, 2.05) is 12.1 Å². The van der Waals surface area contributed by atoms with E-state index in [4.69, 9.17) is 38.3 Å². The van der Waals surface area contributed by atoms with Crippen molar-refractivity contribution in [3.63, 3.8) is 0 Å². The van der Waals surface area contributed by atoms with Crippen LogP contribution in [0.3, 0.4) is 0 Å². The Labute approximate surface area is 178 Å². The summed E-state index contributed by atoms with van der Waals surface area (Å²) in [5, 5.41) is 8.67. The molecule has 27 heavy (non-hydrogen) atoms. The fourth-order valence-electron chi connectivity index (χ4n) is 3.90. The summed E-state index contributed by atoms with van der Waals surface area (Å²) in [7, 11) is 0. The van der Waals surface area contributed by atoms with Crippen molar-refractivity contribution in [1.82, 2.24) is 0 Å². The number of carboxylic acid groups (broad SMARTS) is 1. The number of benzene rings is 1. The molecule has 0 amide bonds. The normalized spacial score (nSPS) is 20.9. The second-order valence-corrected chi connectivity index (χ2v) is 17.0. The van der Waals surface area contributed by atoms with Gasteiger partial charge in [0.15, 0.2) is 0 Å². The van der Waals surface area contributed by atoms with Crippen molar-refractivity contribution in [2.24, 2.45) is 11.8 Å². The minimum Gasteiger partial charge on any atom is -0.478 e. The summed E-state index contributed by atoms with van der Waals surface area (Å²) in [5.41, 5.74) is 2.26. The maximum Gasteiger partial charge on any atom is 0.341 e. The minimum atomic E-state index is -2.42. The Morgan fingerprint density at radius 1 is 1.00 bits per heavy atom. The van der Waals surface area contributed by atoms with Gasteiger partial charge in [0.1, 0.15) is 0 Å². The summed E-state index contributed by atoms with van der Waals surface area (Å²) in [4.78, 5) is 10.6. The standard InChI is InChI=1S/C21H29Cl3O2Si/c22-27(23,24)16-2-1-3-17-4-6-18(7-5-17)8-9-19-10-12-20(13-11-19)14-15-21(25)26/h10-15,17-18H,1-9,16H2,(H,25,26)/b15-14+/t17-,18-. The quantitative estimate of drug-likeness (QED) is 0.176. The predicted octanol–water partition coefficient (Wildman–Crippen LogP) is 7.35. The molecule has 1 fully saturated rings. The monoisotopic (exact) mass is 446 g/mol. The zero-order valence-corrected chi connectivity index (χ0v) is 18.9. The summed E-state index contributed by atoms with van der Waals surface area (Å²) in [5.74, 6) is 0.779. The first kappa shape index (κ1) is 22.8. The molecule has 1 aromatic rings. The molecule has 0 bridgehead atoms. The van der Waals surface area contributed by atoms with Crippen molar-refractivity contribution in [1.29, 1.82) is 0 Å². The molecular formula is C21H29Cl3O2Si. The molecule has 0 aliphatic heterocycles. The lowest BCUT2D eigenvalue weighted by molar-refractivity contribution is -0.131. The van der Waals surface area contributed by atoms with E-state index in [9.17, 15) is 4.79 Å². The van der Waals surface area contributed by atoms with Gasteiger partial charge in [-0.25, -0.2) is 4.79 Å². The van der Waals surface area contributed by atoms with Gasteiger partial charge in [0.25, 0.3) is 0 Å². The molecule has 0 saturated heterocycles. The van der Waals surface area contributed by atoms with Gasteiger partial charge in [-0.2, -0.15) is 0 Å². The molecule has 1 aromatic carbocycles. The van der Waals surface area contributed by atoms with E-state index in [0.717, 1.165) is 36.3 Å². The number of unbranched alkanes of at least 4 members (excludes halogenated alkanes) is 1. The number of hydrogen-bond donors (Lipinski definition) is 1. The Morgan fingerprint density at radius 2 is 1.59 bits per heavy atom. The fraction of sp³-hybridized carbons (Fsp3) is 0.571. The Hall–Kier alpha value is -0.483. The van der Waals surface area contributed by atoms with Gasteiger partial charge in [-0.3, -0.25) is 0 Å². The lowest BCUT2D eigenvalue weighted by Crippen LogP contribution is -2.15. The van der Waals surface area contributed by atoms with Gasteiger partial charge in [0.05, 0.1) is 0 Å². The summed E-state index contributed by atoms with van der Waals surface area (Å²) >= 11 is 17.8. The maximum absolute atomic E-state index is 10.6. The van der Waals surface area contributed by atoms with Gasteiger partial charge in [-0.15, -0.1) is 33.2 Å². The maximum atomic E-state index is 10.6. The largest absolute Gasteiger partial charge is 0.478 e. The van der Waals surface area contributed by atoms with Crippen LogP contribution in [-0.2, 0) is 11.2 Å². The van der Waals surface area contributed by atoms with Crippen LogP contribution in [0.25, 0.3) is 6.08 Å². The van der Waals surface area contributed by atoms with E-state index in [2.05, 4.69) is 12.1 Å². The van der Waals surface area contributed by atoms with Crippen molar-refractivity contribution in [2.45, 2.75) is 63.8 Å². The lowest BCUT2D eigenvalue weighted by atomic mass is 9.78. The lowest BCUT2D eigenvalue weighted by Gasteiger charge is -2.28. The number of aryl methyl sites for hydroxylation is 1. The average Bonchev–Trinajstić information content (AvgIpc) is 2.63. The highest BCUT2D eigenvalue weighted by molar-refractivity contribution is 7.64. The number of carbonyl (C=O) groups is 1. The van der Waals surface area contributed by atoms with Crippen molar-refractivity contribution in [3.8, 4) is 0 Å². The van der Waals surface area contributed by atoms with Crippen molar-refractivity contribution >= 4 is 51.3 Å². The second-order valence-electron chi connectivity index (χ2n) is 7.70. The molecule has 1 aliphatic carbocycles. The molecule has 2 nitrogen and oxygen atoms in total. The number of halogens is 3. The van der Waals surface area contributed by atoms with E-state index in [1.165, 1.54) is 56.6 Å². The molecule has 0 heterocycles. The van der Waals surface area contributed by atoms with Crippen molar-refractivity contribution in [2.75, 3.05) is 0 Å². The van der Waals surface area contributed by atoms with Crippen LogP contribution in [0.1, 0.15) is 62.5 Å². The molecule has 2 rings (SSSR count). The van der Waals surface area contributed by atoms with Gasteiger partial charge in [-0.1, -0.05) is 69.2 Å². The third kappa shape index (κ3) is 10.0. The molecular weight excluding hydrogens is 419 g/mol. The Balaban J connectivity index is 1.62. The number of rotatable bonds is 10. The van der Waals surface area contributed by atoms with E-state index in [-0.39, 0.29) is 0 Å². The van der Waals surface area contributed by atoms with Crippen molar-refractivity contribution < 1.29 is 9.90 Å². The van der Waals surface area contributed by atoms with Gasteiger partial charge < -0.3 is 5.11 Å². The Bertz CT molecular complexity index is 603. The third-order valence-electron chi connectivity index (χ3n) is 5.53. The molecule has 1 N–H and O–H groups in total. The number of aliphatic carboxylic acids is 1. The van der Waals surface area contributed by atoms with Crippen LogP contribution in [0.5, 0.6) is 0 Å². The molecule has 0 atom stereocenters. The summed E-state index contributed by atoms with van der Waals surface area (Å²) in [6, 6.07) is 6.57. The van der Waals surface area contributed by atoms with Crippen LogP contribution in [-0.4, -0.2) is 17.1 Å². The Kier molecular flexibility index (Phi) is 9.71. The van der Waals surface area contributed by atoms with Gasteiger partial charge in [0.2, 0.25) is 0 Å². The molecule has 0 unspecified atom stereocenters. The van der Waals surface area contributed by atoms with Crippen LogP contribution < -0.4 is 0 Å². The highest BCUT2D eigenvalue weighted by Gasteiger charge is 2.25. The zero-order chi connectivity index (χ0) is 19.7. The van der Waals surface area contributed by atoms with Gasteiger partial charge in [0, 0.05) is 6.08 Å². The van der Waals surface area contributed by atoms with Crippen molar-refractivity contribution in [3.05, 3.63) is 41.5 Å². The van der Waals surface area contributed by atoms with E-state index >= 15 is 0 Å². The molecule has 0 radical (unpaired) electrons. The first-order chi connectivity index (χ1) is 12.8. The highest BCUT2D eigenvalue weighted by atomic mass is 35.8. The number of hydrogen-bond acceptors (Lipinski definition) is 1. The summed E-state index contributed by atoms with van der Waals surface area (Å²) in [6.07, 6.45) is 14.0. The first-order valence-corrected chi connectivity index (χ1v) is 15.1. The van der Waals surface area contributed by atoms with E-state index < -0.39 is 12.0 Å². The van der Waals surface area contributed by atoms with Crippen LogP contribution in [0.15, 0.2) is 30.3 Å². The molecule has 150 valence electrons. The SMILES string of the molecule is O=C(O)/C=C/c1ccc(CC[C@H]2CC[C@H](CCCC[Si](Cl)(Cl)Cl)CC2)cc1. The molecule has 0 spiro atoms. The van der Waals surface area contributed by atoms with Crippen LogP contribution in [0.4, 0.5) is 0 Å². The highest BCUT2D eigenvalue weighted by Crippen LogP contribution is 2.35. The van der Waals surface area contributed by atoms with Crippen LogP contribution in [0.2, 0.25) is 6.04 Å². The topological polar surface area (TPSA) is 37.3 Å². The summed E-state index contributed by atoms with van der Waals surface area (Å²) < 4.78 is 0. The number of carboxylic acids is 1. The average molecular weight is 448 g/mol. The summed E-state index contributed by atoms with van der Waals surface area (Å²) in [6.45, 7) is 0. The predicted molar refractivity (Wildman–Crippen MR) is 119 cm³/mol. The second kappa shape index (κ2) is 11.5. The molecule has 6 heteroatoms. The molecule has 1 saturated carbocycles. The van der Waals surface area contributed by atoms with E-state index in [0.29, 0.717) is 0 Å². The molecule has 0 aromatic heterocycles.